The fourth-order valence-electron chi connectivity index (χ4n) is 1.49. The van der Waals surface area contributed by atoms with Crippen molar-refractivity contribution in [1.29, 1.82) is 0 Å². The zero-order chi connectivity index (χ0) is 11.7. The SMILES string of the molecule is O=C(O)CCc1nc(Br)c2ccc(O)cn12. The molecule has 16 heavy (non-hydrogen) atoms. The number of aromatic nitrogens is 2. The normalized spacial score (nSPS) is 10.8. The molecule has 0 saturated heterocycles. The zero-order valence-electron chi connectivity index (χ0n) is 8.22. The summed E-state index contributed by atoms with van der Waals surface area (Å²) in [4.78, 5) is 14.7. The minimum atomic E-state index is -0.868. The van der Waals surface area contributed by atoms with E-state index in [0.717, 1.165) is 5.52 Å². The molecule has 2 aromatic heterocycles. The molecular weight excluding hydrogens is 276 g/mol. The summed E-state index contributed by atoms with van der Waals surface area (Å²) in [5.41, 5.74) is 0.804. The van der Waals surface area contributed by atoms with Gasteiger partial charge in [0.2, 0.25) is 0 Å². The molecule has 2 rings (SSSR count). The van der Waals surface area contributed by atoms with Gasteiger partial charge in [0, 0.05) is 6.42 Å². The molecule has 2 N–H and O–H groups in total. The third-order valence-corrected chi connectivity index (χ3v) is 2.80. The molecule has 0 unspecified atom stereocenters. The molecule has 0 fully saturated rings. The van der Waals surface area contributed by atoms with Crippen LogP contribution in [0.4, 0.5) is 0 Å². The molecule has 0 spiro atoms. The zero-order valence-corrected chi connectivity index (χ0v) is 9.81. The standard InChI is InChI=1S/C10H9BrN2O3/c11-10-7-2-1-6(14)5-13(7)8(12-10)3-4-9(15)16/h1-2,5,14H,3-4H2,(H,15,16). The Morgan fingerprint density at radius 1 is 1.50 bits per heavy atom. The lowest BCUT2D eigenvalue weighted by atomic mass is 10.3. The Labute approximate surface area is 99.5 Å². The average molecular weight is 285 g/mol. The van der Waals surface area contributed by atoms with E-state index in [9.17, 15) is 9.90 Å². The molecule has 0 saturated carbocycles. The van der Waals surface area contributed by atoms with Crippen molar-refractivity contribution in [2.45, 2.75) is 12.8 Å². The summed E-state index contributed by atoms with van der Waals surface area (Å²) in [5.74, 6) is -0.137. The van der Waals surface area contributed by atoms with Crippen molar-refractivity contribution in [3.63, 3.8) is 0 Å². The van der Waals surface area contributed by atoms with Crippen LogP contribution in [0.3, 0.4) is 0 Å². The molecule has 0 aliphatic carbocycles. The van der Waals surface area contributed by atoms with Crippen LogP contribution in [0, 0.1) is 0 Å². The van der Waals surface area contributed by atoms with Crippen LogP contribution in [-0.4, -0.2) is 25.6 Å². The molecule has 0 bridgehead atoms. The van der Waals surface area contributed by atoms with Gasteiger partial charge in [0.05, 0.1) is 18.1 Å². The van der Waals surface area contributed by atoms with Crippen molar-refractivity contribution in [2.75, 3.05) is 0 Å². The number of carbonyl (C=O) groups is 1. The van der Waals surface area contributed by atoms with Crippen molar-refractivity contribution in [2.24, 2.45) is 0 Å². The van der Waals surface area contributed by atoms with Gasteiger partial charge < -0.3 is 10.2 Å². The Morgan fingerprint density at radius 2 is 2.25 bits per heavy atom. The molecule has 0 aliphatic heterocycles. The van der Waals surface area contributed by atoms with Gasteiger partial charge in [-0.3, -0.25) is 9.20 Å². The molecule has 0 aliphatic rings. The third kappa shape index (κ3) is 2.01. The van der Waals surface area contributed by atoms with Crippen LogP contribution >= 0.6 is 15.9 Å². The highest BCUT2D eigenvalue weighted by molar-refractivity contribution is 9.10. The summed E-state index contributed by atoms with van der Waals surface area (Å²) in [7, 11) is 0. The summed E-state index contributed by atoms with van der Waals surface area (Å²) >= 11 is 3.29. The molecule has 6 heteroatoms. The van der Waals surface area contributed by atoms with E-state index >= 15 is 0 Å². The van der Waals surface area contributed by atoms with Gasteiger partial charge in [0.1, 0.15) is 16.2 Å². The Morgan fingerprint density at radius 3 is 2.94 bits per heavy atom. The number of halogens is 1. The Balaban J connectivity index is 2.44. The van der Waals surface area contributed by atoms with Gasteiger partial charge >= 0.3 is 5.97 Å². The van der Waals surface area contributed by atoms with E-state index in [0.29, 0.717) is 16.8 Å². The number of hydrogen-bond donors (Lipinski definition) is 2. The molecule has 0 atom stereocenters. The number of carboxylic acid groups (broad SMARTS) is 1. The predicted octanol–water partition coefficient (Wildman–Crippen LogP) is 1.82. The van der Waals surface area contributed by atoms with Crippen LogP contribution < -0.4 is 0 Å². The van der Waals surface area contributed by atoms with Crippen molar-refractivity contribution in [3.8, 4) is 5.75 Å². The van der Waals surface area contributed by atoms with Crippen molar-refractivity contribution in [3.05, 3.63) is 28.8 Å². The predicted molar refractivity (Wildman–Crippen MR) is 60.5 cm³/mol. The molecule has 2 heterocycles. The van der Waals surface area contributed by atoms with Gasteiger partial charge in [-0.15, -0.1) is 0 Å². The van der Waals surface area contributed by atoms with Crippen LogP contribution in [0.2, 0.25) is 0 Å². The lowest BCUT2D eigenvalue weighted by Gasteiger charge is -1.99. The van der Waals surface area contributed by atoms with Gasteiger partial charge in [-0.1, -0.05) is 0 Å². The molecule has 0 aromatic carbocycles. The van der Waals surface area contributed by atoms with Crippen LogP contribution in [0.25, 0.3) is 5.52 Å². The highest BCUT2D eigenvalue weighted by Gasteiger charge is 2.10. The Bertz CT molecular complexity index is 550. The van der Waals surface area contributed by atoms with Crippen molar-refractivity contribution < 1.29 is 15.0 Å². The van der Waals surface area contributed by atoms with Gasteiger partial charge in [-0.2, -0.15) is 0 Å². The molecule has 84 valence electrons. The quantitative estimate of drug-likeness (QED) is 0.902. The van der Waals surface area contributed by atoms with Gasteiger partial charge in [-0.25, -0.2) is 4.98 Å². The van der Waals surface area contributed by atoms with E-state index in [1.807, 2.05) is 0 Å². The first kappa shape index (κ1) is 10.9. The lowest BCUT2D eigenvalue weighted by Crippen LogP contribution is -2.01. The maximum absolute atomic E-state index is 10.5. The number of fused-ring (bicyclic) bond motifs is 1. The Kier molecular flexibility index (Phi) is 2.82. The molecule has 0 radical (unpaired) electrons. The highest BCUT2D eigenvalue weighted by atomic mass is 79.9. The number of nitrogens with zero attached hydrogens (tertiary/aromatic N) is 2. The van der Waals surface area contributed by atoms with E-state index < -0.39 is 5.97 Å². The lowest BCUT2D eigenvalue weighted by molar-refractivity contribution is -0.137. The summed E-state index contributed by atoms with van der Waals surface area (Å²) < 4.78 is 2.33. The van der Waals surface area contributed by atoms with Gasteiger partial charge in [-0.05, 0) is 28.1 Å². The fourth-order valence-corrected chi connectivity index (χ4v) is 2.02. The summed E-state index contributed by atoms with van der Waals surface area (Å²) in [6, 6.07) is 3.28. The van der Waals surface area contributed by atoms with E-state index in [1.165, 1.54) is 6.20 Å². The number of rotatable bonds is 3. The maximum Gasteiger partial charge on any atom is 0.303 e. The first-order chi connectivity index (χ1) is 7.58. The van der Waals surface area contributed by atoms with Crippen molar-refractivity contribution >= 4 is 27.4 Å². The van der Waals surface area contributed by atoms with Crippen LogP contribution in [0.1, 0.15) is 12.2 Å². The third-order valence-electron chi connectivity index (χ3n) is 2.21. The largest absolute Gasteiger partial charge is 0.506 e. The van der Waals surface area contributed by atoms with Crippen LogP contribution in [-0.2, 0) is 11.2 Å². The number of carboxylic acids is 1. The number of aliphatic carboxylic acids is 1. The molecule has 5 nitrogen and oxygen atoms in total. The van der Waals surface area contributed by atoms with E-state index in [4.69, 9.17) is 5.11 Å². The smallest absolute Gasteiger partial charge is 0.303 e. The average Bonchev–Trinajstić information content (AvgIpc) is 2.52. The second-order valence-electron chi connectivity index (χ2n) is 3.36. The minimum absolute atomic E-state index is 0.0151. The van der Waals surface area contributed by atoms with Crippen molar-refractivity contribution in [1.82, 2.24) is 9.38 Å². The number of pyridine rings is 1. The molecule has 2 aromatic rings. The monoisotopic (exact) mass is 284 g/mol. The summed E-state index contributed by atoms with van der Waals surface area (Å²) in [6.07, 6.45) is 1.86. The Hall–Kier alpha value is -1.56. The van der Waals surface area contributed by atoms with E-state index in [1.54, 1.807) is 16.5 Å². The number of hydrogen-bond acceptors (Lipinski definition) is 3. The number of imidazole rings is 1. The van der Waals surface area contributed by atoms with Crippen LogP contribution in [0.5, 0.6) is 5.75 Å². The fraction of sp³-hybridized carbons (Fsp3) is 0.200. The second-order valence-corrected chi connectivity index (χ2v) is 4.11. The number of aromatic hydroxyl groups is 1. The van der Waals surface area contributed by atoms with E-state index in [2.05, 4.69) is 20.9 Å². The first-order valence-electron chi connectivity index (χ1n) is 4.65. The minimum Gasteiger partial charge on any atom is -0.506 e. The summed E-state index contributed by atoms with van der Waals surface area (Å²) in [6.45, 7) is 0. The highest BCUT2D eigenvalue weighted by Crippen LogP contribution is 2.22. The second kappa shape index (κ2) is 4.13. The topological polar surface area (TPSA) is 74.8 Å². The van der Waals surface area contributed by atoms with Gasteiger partial charge in [0.15, 0.2) is 0 Å². The molecular formula is C10H9BrN2O3. The summed E-state index contributed by atoms with van der Waals surface area (Å²) in [5, 5.41) is 18.0. The van der Waals surface area contributed by atoms with Gasteiger partial charge in [0.25, 0.3) is 0 Å². The van der Waals surface area contributed by atoms with E-state index in [-0.39, 0.29) is 12.2 Å². The number of aryl methyl sites for hydroxylation is 1. The van der Waals surface area contributed by atoms with Crippen LogP contribution in [0.15, 0.2) is 22.9 Å². The first-order valence-corrected chi connectivity index (χ1v) is 5.44. The maximum atomic E-state index is 10.5. The molecule has 0 amide bonds.